The van der Waals surface area contributed by atoms with Crippen molar-refractivity contribution < 1.29 is 19.0 Å². The van der Waals surface area contributed by atoms with E-state index in [4.69, 9.17) is 14.2 Å². The molecule has 2 rings (SSSR count). The van der Waals surface area contributed by atoms with Crippen molar-refractivity contribution in [2.75, 3.05) is 34.4 Å². The Morgan fingerprint density at radius 2 is 1.96 bits per heavy atom. The third-order valence-electron chi connectivity index (χ3n) is 4.32. The number of hydrogen-bond acceptors (Lipinski definition) is 5. The molecular weight excluding hydrogens is 360 g/mol. The van der Waals surface area contributed by atoms with Gasteiger partial charge in [-0.1, -0.05) is 6.07 Å². The highest BCUT2D eigenvalue weighted by Crippen LogP contribution is 2.27. The quantitative estimate of drug-likeness (QED) is 0.591. The Kier molecular flexibility index (Phi) is 7.37. The van der Waals surface area contributed by atoms with Crippen LogP contribution in [0.4, 0.5) is 4.79 Å². The van der Waals surface area contributed by atoms with Crippen LogP contribution in [0, 0.1) is 0 Å². The lowest BCUT2D eigenvalue weighted by atomic mass is 10.2. The Morgan fingerprint density at radius 1 is 1.25 bits per heavy atom. The summed E-state index contributed by atoms with van der Waals surface area (Å²) in [5.74, 6) is 2.19. The fourth-order valence-electron chi connectivity index (χ4n) is 3.05. The van der Waals surface area contributed by atoms with Crippen LogP contribution in [0.1, 0.15) is 32.8 Å². The molecule has 1 atom stereocenters. The molecule has 0 saturated carbocycles. The first-order valence-electron chi connectivity index (χ1n) is 9.41. The lowest BCUT2D eigenvalue weighted by molar-refractivity contribution is 0.0507. The van der Waals surface area contributed by atoms with E-state index in [1.165, 1.54) is 0 Å². The van der Waals surface area contributed by atoms with Crippen molar-refractivity contribution in [3.05, 3.63) is 23.8 Å². The van der Waals surface area contributed by atoms with Gasteiger partial charge < -0.3 is 29.7 Å². The van der Waals surface area contributed by atoms with E-state index in [1.807, 2.05) is 39.0 Å². The maximum absolute atomic E-state index is 12.0. The molecule has 0 spiro atoms. The molecule has 1 aromatic rings. The predicted molar refractivity (Wildman–Crippen MR) is 109 cm³/mol. The number of rotatable bonds is 5. The summed E-state index contributed by atoms with van der Waals surface area (Å²) in [5.41, 5.74) is 0.556. The van der Waals surface area contributed by atoms with Crippen LogP contribution in [0.25, 0.3) is 0 Å². The molecule has 0 aromatic heterocycles. The first-order valence-corrected chi connectivity index (χ1v) is 9.41. The number of ether oxygens (including phenoxy) is 3. The van der Waals surface area contributed by atoms with Gasteiger partial charge in [0, 0.05) is 26.7 Å². The lowest BCUT2D eigenvalue weighted by Gasteiger charge is -2.23. The summed E-state index contributed by atoms with van der Waals surface area (Å²) in [6.07, 6.45) is 0.462. The Balaban J connectivity index is 1.88. The van der Waals surface area contributed by atoms with Gasteiger partial charge in [0.15, 0.2) is 17.5 Å². The molecule has 8 heteroatoms. The molecule has 1 aromatic carbocycles. The molecule has 1 unspecified atom stereocenters. The number of methoxy groups -OCH3 is 2. The first kappa shape index (κ1) is 21.7. The molecule has 2 N–H and O–H groups in total. The van der Waals surface area contributed by atoms with Crippen LogP contribution >= 0.6 is 0 Å². The van der Waals surface area contributed by atoms with Gasteiger partial charge in [-0.3, -0.25) is 4.99 Å². The number of likely N-dealkylation sites (tertiary alicyclic amines) is 1. The van der Waals surface area contributed by atoms with Crippen LogP contribution in [-0.2, 0) is 11.3 Å². The van der Waals surface area contributed by atoms with Gasteiger partial charge in [-0.2, -0.15) is 0 Å². The summed E-state index contributed by atoms with van der Waals surface area (Å²) in [6.45, 7) is 7.67. The van der Waals surface area contributed by atoms with Crippen molar-refractivity contribution in [2.24, 2.45) is 4.99 Å². The second kappa shape index (κ2) is 9.52. The Morgan fingerprint density at radius 3 is 2.57 bits per heavy atom. The van der Waals surface area contributed by atoms with Crippen LogP contribution in [0.3, 0.4) is 0 Å². The average Bonchev–Trinajstić information content (AvgIpc) is 3.08. The van der Waals surface area contributed by atoms with E-state index >= 15 is 0 Å². The highest BCUT2D eigenvalue weighted by atomic mass is 16.6. The van der Waals surface area contributed by atoms with E-state index < -0.39 is 5.60 Å². The SMILES string of the molecule is CN=C(NCc1ccc(OC)c(OC)c1)N1CCC(NC(=O)OC(C)(C)C)C1. The number of aliphatic imine (C=N–C) groups is 1. The Bertz CT molecular complexity index is 700. The van der Waals surface area contributed by atoms with E-state index in [1.54, 1.807) is 21.3 Å². The summed E-state index contributed by atoms with van der Waals surface area (Å²) < 4.78 is 16.0. The maximum atomic E-state index is 12.0. The molecule has 1 saturated heterocycles. The van der Waals surface area contributed by atoms with E-state index in [-0.39, 0.29) is 12.1 Å². The third kappa shape index (κ3) is 6.21. The molecule has 156 valence electrons. The van der Waals surface area contributed by atoms with Gasteiger partial charge in [0.25, 0.3) is 0 Å². The summed E-state index contributed by atoms with van der Waals surface area (Å²) in [4.78, 5) is 18.5. The van der Waals surface area contributed by atoms with Gasteiger partial charge in [-0.25, -0.2) is 4.79 Å². The number of benzene rings is 1. The van der Waals surface area contributed by atoms with Gasteiger partial charge in [-0.05, 0) is 44.9 Å². The summed E-state index contributed by atoms with van der Waals surface area (Å²) >= 11 is 0. The second-order valence-corrected chi connectivity index (χ2v) is 7.67. The Labute approximate surface area is 167 Å². The molecule has 0 aliphatic carbocycles. The minimum absolute atomic E-state index is 0.0366. The van der Waals surface area contributed by atoms with Gasteiger partial charge in [0.1, 0.15) is 5.60 Å². The van der Waals surface area contributed by atoms with Crippen molar-refractivity contribution in [1.82, 2.24) is 15.5 Å². The highest BCUT2D eigenvalue weighted by molar-refractivity contribution is 5.80. The zero-order valence-corrected chi connectivity index (χ0v) is 17.7. The third-order valence-corrected chi connectivity index (χ3v) is 4.32. The smallest absolute Gasteiger partial charge is 0.407 e. The van der Waals surface area contributed by atoms with Crippen LogP contribution in [0.2, 0.25) is 0 Å². The number of nitrogens with zero attached hydrogens (tertiary/aromatic N) is 2. The molecule has 0 radical (unpaired) electrons. The number of carbonyl (C=O) groups is 1. The number of alkyl carbamates (subject to hydrolysis) is 1. The number of nitrogens with one attached hydrogen (secondary N) is 2. The Hall–Kier alpha value is -2.64. The molecule has 1 aliphatic heterocycles. The van der Waals surface area contributed by atoms with Gasteiger partial charge in [-0.15, -0.1) is 0 Å². The molecule has 1 heterocycles. The molecule has 1 fully saturated rings. The zero-order valence-electron chi connectivity index (χ0n) is 17.7. The van der Waals surface area contributed by atoms with Crippen LogP contribution < -0.4 is 20.1 Å². The van der Waals surface area contributed by atoms with Crippen molar-refractivity contribution in [2.45, 2.75) is 45.4 Å². The average molecular weight is 393 g/mol. The first-order chi connectivity index (χ1) is 13.3. The van der Waals surface area contributed by atoms with Crippen molar-refractivity contribution >= 4 is 12.1 Å². The maximum Gasteiger partial charge on any atom is 0.407 e. The number of guanidine groups is 1. The fraction of sp³-hybridized carbons (Fsp3) is 0.600. The largest absolute Gasteiger partial charge is 0.493 e. The van der Waals surface area contributed by atoms with Gasteiger partial charge in [0.05, 0.1) is 20.3 Å². The van der Waals surface area contributed by atoms with E-state index in [9.17, 15) is 4.79 Å². The fourth-order valence-corrected chi connectivity index (χ4v) is 3.05. The molecular formula is C20H32N4O4. The summed E-state index contributed by atoms with van der Waals surface area (Å²) in [6, 6.07) is 5.85. The summed E-state index contributed by atoms with van der Waals surface area (Å²) in [5, 5.41) is 6.29. The minimum atomic E-state index is -0.501. The number of hydrogen-bond donors (Lipinski definition) is 2. The van der Waals surface area contributed by atoms with Crippen molar-refractivity contribution in [3.63, 3.8) is 0 Å². The van der Waals surface area contributed by atoms with Crippen molar-refractivity contribution in [1.29, 1.82) is 0 Å². The second-order valence-electron chi connectivity index (χ2n) is 7.67. The molecule has 1 amide bonds. The van der Waals surface area contributed by atoms with Gasteiger partial charge >= 0.3 is 6.09 Å². The molecule has 8 nitrogen and oxygen atoms in total. The molecule has 28 heavy (non-hydrogen) atoms. The number of amides is 1. The normalized spacial score (nSPS) is 17.3. The number of carbonyl (C=O) groups excluding carboxylic acids is 1. The van der Waals surface area contributed by atoms with E-state index in [0.29, 0.717) is 24.6 Å². The topological polar surface area (TPSA) is 84.4 Å². The van der Waals surface area contributed by atoms with E-state index in [2.05, 4.69) is 20.5 Å². The lowest BCUT2D eigenvalue weighted by Crippen LogP contribution is -2.44. The monoisotopic (exact) mass is 392 g/mol. The van der Waals surface area contributed by atoms with E-state index in [0.717, 1.165) is 24.5 Å². The highest BCUT2D eigenvalue weighted by Gasteiger charge is 2.27. The predicted octanol–water partition coefficient (Wildman–Crippen LogP) is 2.38. The van der Waals surface area contributed by atoms with Crippen LogP contribution in [0.15, 0.2) is 23.2 Å². The van der Waals surface area contributed by atoms with Crippen LogP contribution in [-0.4, -0.2) is 63.0 Å². The van der Waals surface area contributed by atoms with Crippen molar-refractivity contribution in [3.8, 4) is 11.5 Å². The zero-order chi connectivity index (χ0) is 20.7. The molecule has 1 aliphatic rings. The minimum Gasteiger partial charge on any atom is -0.493 e. The standard InChI is InChI=1S/C20H32N4O4/c1-20(2,3)28-19(25)23-15-9-10-24(13-15)18(21-4)22-12-14-7-8-16(26-5)17(11-14)27-6/h7-8,11,15H,9-10,12-13H2,1-6H3,(H,21,22)(H,23,25). The summed E-state index contributed by atoms with van der Waals surface area (Å²) in [7, 11) is 4.99. The molecule has 0 bridgehead atoms. The van der Waals surface area contributed by atoms with Crippen LogP contribution in [0.5, 0.6) is 11.5 Å². The van der Waals surface area contributed by atoms with Gasteiger partial charge in [0.2, 0.25) is 0 Å².